The molecule has 0 radical (unpaired) electrons. The molecule has 9 atom stereocenters. The van der Waals surface area contributed by atoms with E-state index < -0.39 is 88.2 Å². The third-order valence-electron chi connectivity index (χ3n) is 10.6. The van der Waals surface area contributed by atoms with Gasteiger partial charge in [0.25, 0.3) is 5.09 Å². The van der Waals surface area contributed by atoms with Gasteiger partial charge in [-0.05, 0) is 69.4 Å². The molecule has 250 valence electrons. The van der Waals surface area contributed by atoms with Crippen LogP contribution < -0.4 is 5.73 Å². The number of Topliss-reactive ketones (excluding diaryl/α,β-unsaturated/α-hetero) is 1. The molecule has 0 spiro atoms. The molecule has 0 amide bonds. The molecule has 0 aromatic carbocycles. The van der Waals surface area contributed by atoms with Gasteiger partial charge in [-0.25, -0.2) is 9.18 Å². The molecule has 4 aliphatic carbocycles. The molecule has 45 heavy (non-hydrogen) atoms. The summed E-state index contributed by atoms with van der Waals surface area (Å²) in [5.74, 6) is -3.81. The number of ether oxygens (including phenoxy) is 3. The first-order valence-corrected chi connectivity index (χ1v) is 15.1. The van der Waals surface area contributed by atoms with Crippen molar-refractivity contribution in [2.24, 2.45) is 34.3 Å². The van der Waals surface area contributed by atoms with E-state index in [1.165, 1.54) is 18.2 Å². The highest BCUT2D eigenvalue weighted by atomic mass is 19.1. The molecule has 4 aliphatic rings. The van der Waals surface area contributed by atoms with Crippen LogP contribution in [0.1, 0.15) is 59.3 Å². The van der Waals surface area contributed by atoms with Gasteiger partial charge in [0.1, 0.15) is 18.2 Å². The fourth-order valence-corrected chi connectivity index (χ4v) is 8.27. The number of esters is 1. The number of fused-ring (bicyclic) bond motifs is 5. The average molecular weight is 641 g/mol. The maximum absolute atomic E-state index is 17.3. The van der Waals surface area contributed by atoms with Crippen molar-refractivity contribution in [3.63, 3.8) is 0 Å². The second-order valence-electron chi connectivity index (χ2n) is 13.0. The standard InChI is InChI=1S/C30H41FN2O12/c1-17-12-21-20-7-6-18-13-19(34)8-9-27(18,2)29(20,31)23(35)14-28(21,3)30(17,39)24(36)16-44-26(38)43-15-22(32)25(37)42-10-4-5-11-45-33(40)41/h8-9,13,17,20-23,35,39H,4-7,10-12,14-16,32H2,1-3H3/t17-,20+,21+,22?,23+,27+,28+,29+,30+/m1/s1. The number of carbonyl (C=O) groups is 4. The summed E-state index contributed by atoms with van der Waals surface area (Å²) < 4.78 is 32.0. The summed E-state index contributed by atoms with van der Waals surface area (Å²) in [6, 6.07) is -1.36. The summed E-state index contributed by atoms with van der Waals surface area (Å²) in [6.45, 7) is 3.27. The molecule has 1 unspecified atom stereocenters. The van der Waals surface area contributed by atoms with E-state index >= 15 is 4.39 Å². The summed E-state index contributed by atoms with van der Waals surface area (Å²) in [4.78, 5) is 64.0. The van der Waals surface area contributed by atoms with Gasteiger partial charge in [0.2, 0.25) is 5.78 Å². The number of unbranched alkanes of at least 4 members (excludes halogenated alkanes) is 1. The highest BCUT2D eigenvalue weighted by molar-refractivity contribution is 6.01. The van der Waals surface area contributed by atoms with Gasteiger partial charge >= 0.3 is 12.1 Å². The fraction of sp³-hybridized carbons (Fsp3) is 0.733. The Morgan fingerprint density at radius 3 is 2.56 bits per heavy atom. The second kappa shape index (κ2) is 12.8. The monoisotopic (exact) mass is 640 g/mol. The zero-order valence-electron chi connectivity index (χ0n) is 25.6. The lowest BCUT2D eigenvalue weighted by molar-refractivity contribution is -0.757. The first-order chi connectivity index (χ1) is 21.0. The van der Waals surface area contributed by atoms with Crippen LogP contribution in [0.3, 0.4) is 0 Å². The Bertz CT molecular complexity index is 1290. The zero-order chi connectivity index (χ0) is 33.4. The molecule has 4 rings (SSSR count). The van der Waals surface area contributed by atoms with Crippen LogP contribution in [-0.2, 0) is 33.4 Å². The van der Waals surface area contributed by atoms with Gasteiger partial charge in [-0.3, -0.25) is 14.4 Å². The summed E-state index contributed by atoms with van der Waals surface area (Å²) in [5, 5.41) is 32.5. The number of nitrogens with two attached hydrogens (primary N) is 1. The molecule has 15 heteroatoms. The molecule has 3 saturated carbocycles. The number of hydrogen-bond donors (Lipinski definition) is 3. The van der Waals surface area contributed by atoms with Crippen LogP contribution in [0.4, 0.5) is 9.18 Å². The quantitative estimate of drug-likeness (QED) is 0.120. The van der Waals surface area contributed by atoms with Gasteiger partial charge in [0.05, 0.1) is 19.3 Å². The van der Waals surface area contributed by atoms with Crippen LogP contribution in [0.5, 0.6) is 0 Å². The second-order valence-corrected chi connectivity index (χ2v) is 13.0. The van der Waals surface area contributed by atoms with Crippen LogP contribution in [0, 0.1) is 38.7 Å². The maximum atomic E-state index is 17.3. The van der Waals surface area contributed by atoms with Crippen LogP contribution in [0.2, 0.25) is 0 Å². The molecule has 3 fully saturated rings. The number of alkyl halides is 1. The number of nitrogens with zero attached hydrogens (tertiary/aromatic N) is 1. The largest absolute Gasteiger partial charge is 0.508 e. The summed E-state index contributed by atoms with van der Waals surface area (Å²) in [5.41, 5.74) is -0.365. The molecule has 14 nitrogen and oxygen atoms in total. The van der Waals surface area contributed by atoms with Gasteiger partial charge in [-0.1, -0.05) is 25.5 Å². The van der Waals surface area contributed by atoms with Crippen molar-refractivity contribution in [2.75, 3.05) is 26.4 Å². The Hall–Kier alpha value is -3.43. The highest BCUT2D eigenvalue weighted by Crippen LogP contribution is 2.70. The Balaban J connectivity index is 1.34. The lowest BCUT2D eigenvalue weighted by atomic mass is 9.44. The molecule has 0 bridgehead atoms. The smallest absolute Gasteiger partial charge is 0.464 e. The molecule has 0 aromatic rings. The van der Waals surface area contributed by atoms with E-state index in [0.717, 1.165) is 0 Å². The van der Waals surface area contributed by atoms with E-state index in [-0.39, 0.29) is 38.3 Å². The van der Waals surface area contributed by atoms with E-state index in [9.17, 15) is 39.5 Å². The molecular weight excluding hydrogens is 599 g/mol. The number of carbonyl (C=O) groups excluding carboxylic acids is 4. The van der Waals surface area contributed by atoms with E-state index in [0.29, 0.717) is 24.8 Å². The number of aliphatic hydroxyl groups is 2. The summed E-state index contributed by atoms with van der Waals surface area (Å²) in [6.07, 6.45) is 2.78. The van der Waals surface area contributed by atoms with Crippen molar-refractivity contribution in [1.29, 1.82) is 0 Å². The van der Waals surface area contributed by atoms with Crippen molar-refractivity contribution >= 4 is 23.7 Å². The van der Waals surface area contributed by atoms with Crippen molar-refractivity contribution in [2.45, 2.75) is 82.7 Å². The first kappa shape index (κ1) is 34.4. The van der Waals surface area contributed by atoms with Gasteiger partial charge < -0.3 is 35.0 Å². The van der Waals surface area contributed by atoms with Crippen LogP contribution in [0.25, 0.3) is 0 Å². The Labute approximate surface area is 259 Å². The van der Waals surface area contributed by atoms with Gasteiger partial charge in [0.15, 0.2) is 18.1 Å². The fourth-order valence-electron chi connectivity index (χ4n) is 8.27. The van der Waals surface area contributed by atoms with Crippen molar-refractivity contribution in [1.82, 2.24) is 0 Å². The highest BCUT2D eigenvalue weighted by Gasteiger charge is 2.75. The number of rotatable bonds is 12. The molecule has 4 N–H and O–H groups in total. The molecule has 0 saturated heterocycles. The topological polar surface area (TPSA) is 215 Å². The number of ketones is 2. The van der Waals surface area contributed by atoms with Crippen molar-refractivity contribution < 1.29 is 57.9 Å². The first-order valence-electron chi connectivity index (χ1n) is 15.1. The number of hydrogen-bond acceptors (Lipinski definition) is 13. The lowest BCUT2D eigenvalue weighted by Crippen LogP contribution is -2.69. The van der Waals surface area contributed by atoms with Crippen LogP contribution in [0.15, 0.2) is 23.8 Å². The third-order valence-corrected chi connectivity index (χ3v) is 10.6. The molecule has 0 aromatic heterocycles. The zero-order valence-corrected chi connectivity index (χ0v) is 25.6. The number of aliphatic hydroxyl groups excluding tert-OH is 1. The van der Waals surface area contributed by atoms with E-state index in [1.807, 2.05) is 0 Å². The van der Waals surface area contributed by atoms with Gasteiger partial charge in [0, 0.05) is 16.7 Å². The van der Waals surface area contributed by atoms with E-state index in [4.69, 9.17) is 19.9 Å². The molecular formula is C30H41FN2O12. The molecule has 0 aliphatic heterocycles. The average Bonchev–Trinajstić information content (AvgIpc) is 3.18. The normalized spacial score (nSPS) is 37.3. The minimum absolute atomic E-state index is 0.0877. The Morgan fingerprint density at radius 1 is 1.18 bits per heavy atom. The van der Waals surface area contributed by atoms with Gasteiger partial charge in [-0.2, -0.15) is 0 Å². The Kier molecular flexibility index (Phi) is 9.76. The van der Waals surface area contributed by atoms with Crippen LogP contribution in [-0.4, -0.2) is 88.8 Å². The lowest BCUT2D eigenvalue weighted by Gasteiger charge is -2.62. The van der Waals surface area contributed by atoms with Crippen molar-refractivity contribution in [3.8, 4) is 0 Å². The number of allylic oxidation sites excluding steroid dienone is 4. The van der Waals surface area contributed by atoms with E-state index in [1.54, 1.807) is 20.8 Å². The minimum Gasteiger partial charge on any atom is -0.464 e. The number of halogens is 1. The maximum Gasteiger partial charge on any atom is 0.508 e. The van der Waals surface area contributed by atoms with Crippen molar-refractivity contribution in [3.05, 3.63) is 33.9 Å². The molecule has 0 heterocycles. The summed E-state index contributed by atoms with van der Waals surface area (Å²) >= 11 is 0. The Morgan fingerprint density at radius 2 is 1.87 bits per heavy atom. The van der Waals surface area contributed by atoms with Crippen LogP contribution >= 0.6 is 0 Å². The van der Waals surface area contributed by atoms with E-state index in [2.05, 4.69) is 4.84 Å². The SMILES string of the molecule is C[C@@H]1C[C@H]2[C@@H]3CCC4=CC(=O)C=C[C@]4(C)[C@@]3(F)[C@@H](O)C[C@]2(C)[C@@]1(O)C(=O)COC(=O)OCC(N)C(=O)OCCCCO[N+](=O)[O-]. The third kappa shape index (κ3) is 5.85. The minimum atomic E-state index is -2.13. The predicted molar refractivity (Wildman–Crippen MR) is 151 cm³/mol. The van der Waals surface area contributed by atoms with Gasteiger partial charge in [-0.15, -0.1) is 10.1 Å². The predicted octanol–water partition coefficient (Wildman–Crippen LogP) is 1.92. The summed E-state index contributed by atoms with van der Waals surface area (Å²) in [7, 11) is 0.